The number of nitrogens with one attached hydrogen (secondary N) is 1. The zero-order valence-corrected chi connectivity index (χ0v) is 10.4. The molecule has 0 radical (unpaired) electrons. The maximum atomic E-state index is 11.6. The Morgan fingerprint density at radius 3 is 2.33 bits per heavy atom. The van der Waals surface area contributed by atoms with Gasteiger partial charge in [0.15, 0.2) is 0 Å². The first-order valence-electron chi connectivity index (χ1n) is 4.82. The normalized spacial score (nSPS) is 12.6. The van der Waals surface area contributed by atoms with E-state index in [0.717, 1.165) is 10.2 Å². The molecule has 0 spiro atoms. The van der Waals surface area contributed by atoms with E-state index < -0.39 is 6.04 Å². The highest BCUT2D eigenvalue weighted by Gasteiger charge is 2.16. The first kappa shape index (κ1) is 12.2. The molecule has 1 atom stereocenters. The number of hydrogen-bond acceptors (Lipinski definition) is 2. The van der Waals surface area contributed by atoms with Crippen molar-refractivity contribution in [3.8, 4) is 0 Å². The topological polar surface area (TPSA) is 55.1 Å². The summed E-state index contributed by atoms with van der Waals surface area (Å²) in [7, 11) is 0. The third kappa shape index (κ3) is 3.64. The molecule has 4 heteroatoms. The lowest BCUT2D eigenvalue weighted by Gasteiger charge is -2.15. The monoisotopic (exact) mass is 270 g/mol. The van der Waals surface area contributed by atoms with Gasteiger partial charge in [-0.15, -0.1) is 0 Å². The fourth-order valence-corrected chi connectivity index (χ4v) is 1.33. The van der Waals surface area contributed by atoms with E-state index in [9.17, 15) is 4.79 Å². The number of halogens is 1. The number of carbonyl (C=O) groups excluding carboxylic acids is 1. The van der Waals surface area contributed by atoms with Crippen molar-refractivity contribution in [2.24, 2.45) is 11.7 Å². The molecule has 0 bridgehead atoms. The summed E-state index contributed by atoms with van der Waals surface area (Å²) in [6.07, 6.45) is 0. The first-order chi connectivity index (χ1) is 7.00. The van der Waals surface area contributed by atoms with E-state index in [0.29, 0.717) is 0 Å². The molecule has 3 nitrogen and oxygen atoms in total. The molecule has 0 saturated carbocycles. The van der Waals surface area contributed by atoms with Crippen LogP contribution in [0.4, 0.5) is 5.69 Å². The highest BCUT2D eigenvalue weighted by molar-refractivity contribution is 9.10. The molecule has 1 amide bonds. The maximum Gasteiger partial charge on any atom is 0.241 e. The average molecular weight is 271 g/mol. The zero-order valence-electron chi connectivity index (χ0n) is 8.83. The van der Waals surface area contributed by atoms with Crippen LogP contribution >= 0.6 is 15.9 Å². The van der Waals surface area contributed by atoms with Crippen LogP contribution in [0.25, 0.3) is 0 Å². The summed E-state index contributed by atoms with van der Waals surface area (Å²) in [5.41, 5.74) is 6.48. The number of benzene rings is 1. The molecule has 0 aliphatic heterocycles. The Balaban J connectivity index is 2.62. The van der Waals surface area contributed by atoms with Crippen molar-refractivity contribution in [2.75, 3.05) is 5.32 Å². The van der Waals surface area contributed by atoms with Crippen LogP contribution in [0, 0.1) is 5.92 Å². The third-order valence-corrected chi connectivity index (χ3v) is 2.66. The molecule has 0 heterocycles. The standard InChI is InChI=1S/C11H15BrN2O/c1-7(2)10(13)11(15)14-9-5-3-8(12)4-6-9/h3-7,10H,13H2,1-2H3,(H,14,15)/t10-/m0/s1. The molecule has 1 aromatic rings. The average Bonchev–Trinajstić information content (AvgIpc) is 2.20. The van der Waals surface area contributed by atoms with E-state index in [-0.39, 0.29) is 11.8 Å². The van der Waals surface area contributed by atoms with Crippen LogP contribution in [-0.4, -0.2) is 11.9 Å². The minimum Gasteiger partial charge on any atom is -0.325 e. The fourth-order valence-electron chi connectivity index (χ4n) is 1.06. The minimum atomic E-state index is -0.464. The molecular weight excluding hydrogens is 256 g/mol. The van der Waals surface area contributed by atoms with Gasteiger partial charge in [-0.2, -0.15) is 0 Å². The SMILES string of the molecule is CC(C)[C@H](N)C(=O)Nc1ccc(Br)cc1. The second-order valence-electron chi connectivity index (χ2n) is 3.77. The van der Waals surface area contributed by atoms with Gasteiger partial charge in [0.25, 0.3) is 0 Å². The smallest absolute Gasteiger partial charge is 0.241 e. The lowest BCUT2D eigenvalue weighted by molar-refractivity contribution is -0.118. The summed E-state index contributed by atoms with van der Waals surface area (Å²) in [5.74, 6) is -0.00669. The van der Waals surface area contributed by atoms with Crippen LogP contribution in [0.1, 0.15) is 13.8 Å². The summed E-state index contributed by atoms with van der Waals surface area (Å²) in [4.78, 5) is 11.6. The van der Waals surface area contributed by atoms with Crippen LogP contribution in [0.15, 0.2) is 28.7 Å². The van der Waals surface area contributed by atoms with Gasteiger partial charge in [-0.3, -0.25) is 4.79 Å². The van der Waals surface area contributed by atoms with E-state index in [1.165, 1.54) is 0 Å². The van der Waals surface area contributed by atoms with Gasteiger partial charge in [-0.1, -0.05) is 29.8 Å². The molecule has 3 N–H and O–H groups in total. The molecule has 0 aliphatic carbocycles. The van der Waals surface area contributed by atoms with E-state index >= 15 is 0 Å². The van der Waals surface area contributed by atoms with Crippen molar-refractivity contribution in [1.82, 2.24) is 0 Å². The van der Waals surface area contributed by atoms with Gasteiger partial charge in [-0.25, -0.2) is 0 Å². The number of amides is 1. The second-order valence-corrected chi connectivity index (χ2v) is 4.68. The summed E-state index contributed by atoms with van der Waals surface area (Å²) in [6, 6.07) is 6.94. The fraction of sp³-hybridized carbons (Fsp3) is 0.364. The predicted octanol–water partition coefficient (Wildman–Crippen LogP) is 2.37. The van der Waals surface area contributed by atoms with Crippen LogP contribution in [0.3, 0.4) is 0 Å². The van der Waals surface area contributed by atoms with Crippen molar-refractivity contribution in [2.45, 2.75) is 19.9 Å². The van der Waals surface area contributed by atoms with E-state index in [1.807, 2.05) is 38.1 Å². The van der Waals surface area contributed by atoms with Crippen molar-refractivity contribution in [1.29, 1.82) is 0 Å². The van der Waals surface area contributed by atoms with Gasteiger partial charge < -0.3 is 11.1 Å². The van der Waals surface area contributed by atoms with Gasteiger partial charge in [0.05, 0.1) is 6.04 Å². The summed E-state index contributed by atoms with van der Waals surface area (Å²) < 4.78 is 0.980. The number of carbonyl (C=O) groups is 1. The first-order valence-corrected chi connectivity index (χ1v) is 5.62. The zero-order chi connectivity index (χ0) is 11.4. The Morgan fingerprint density at radius 1 is 1.33 bits per heavy atom. The number of rotatable bonds is 3. The Hall–Kier alpha value is -0.870. The quantitative estimate of drug-likeness (QED) is 0.886. The molecule has 0 fully saturated rings. The molecule has 15 heavy (non-hydrogen) atoms. The van der Waals surface area contributed by atoms with Gasteiger partial charge in [0, 0.05) is 10.2 Å². The lowest BCUT2D eigenvalue weighted by atomic mass is 10.1. The van der Waals surface area contributed by atoms with Crippen LogP contribution in [0.2, 0.25) is 0 Å². The summed E-state index contributed by atoms with van der Waals surface area (Å²) in [6.45, 7) is 3.84. The van der Waals surface area contributed by atoms with Crippen LogP contribution in [-0.2, 0) is 4.79 Å². The Labute approximate surface area is 98.2 Å². The predicted molar refractivity (Wildman–Crippen MR) is 65.6 cm³/mol. The highest BCUT2D eigenvalue weighted by Crippen LogP contribution is 2.14. The Kier molecular flexibility index (Phi) is 4.29. The molecule has 1 rings (SSSR count). The van der Waals surface area contributed by atoms with E-state index in [1.54, 1.807) is 0 Å². The third-order valence-electron chi connectivity index (χ3n) is 2.13. The van der Waals surface area contributed by atoms with E-state index in [2.05, 4.69) is 21.2 Å². The molecule has 82 valence electrons. The molecular formula is C11H15BrN2O. The number of anilines is 1. The minimum absolute atomic E-state index is 0.139. The largest absolute Gasteiger partial charge is 0.325 e. The van der Waals surface area contributed by atoms with E-state index in [4.69, 9.17) is 5.73 Å². The van der Waals surface area contributed by atoms with Crippen LogP contribution in [0.5, 0.6) is 0 Å². The lowest BCUT2D eigenvalue weighted by Crippen LogP contribution is -2.39. The Bertz CT molecular complexity index is 335. The molecule has 1 aromatic carbocycles. The van der Waals surface area contributed by atoms with Gasteiger partial charge in [-0.05, 0) is 30.2 Å². The van der Waals surface area contributed by atoms with Crippen molar-refractivity contribution in [3.05, 3.63) is 28.7 Å². The maximum absolute atomic E-state index is 11.6. The van der Waals surface area contributed by atoms with Crippen LogP contribution < -0.4 is 11.1 Å². The van der Waals surface area contributed by atoms with Crippen molar-refractivity contribution >= 4 is 27.5 Å². The number of nitrogens with two attached hydrogens (primary N) is 1. The highest BCUT2D eigenvalue weighted by atomic mass is 79.9. The molecule has 0 saturated heterocycles. The summed E-state index contributed by atoms with van der Waals surface area (Å²) >= 11 is 3.33. The Morgan fingerprint density at radius 2 is 1.87 bits per heavy atom. The summed E-state index contributed by atoms with van der Waals surface area (Å²) in [5, 5.41) is 2.77. The second kappa shape index (κ2) is 5.28. The van der Waals surface area contributed by atoms with Gasteiger partial charge >= 0.3 is 0 Å². The number of hydrogen-bond donors (Lipinski definition) is 2. The molecule has 0 aromatic heterocycles. The molecule has 0 aliphatic rings. The van der Waals surface area contributed by atoms with Crippen molar-refractivity contribution < 1.29 is 4.79 Å². The van der Waals surface area contributed by atoms with Gasteiger partial charge in [0.2, 0.25) is 5.91 Å². The molecule has 0 unspecified atom stereocenters. The van der Waals surface area contributed by atoms with Crippen molar-refractivity contribution in [3.63, 3.8) is 0 Å². The van der Waals surface area contributed by atoms with Gasteiger partial charge in [0.1, 0.15) is 0 Å².